The Balaban J connectivity index is 1.11. The number of carbonyl (C=O) groups is 3. The minimum atomic E-state index is -4.75. The highest BCUT2D eigenvalue weighted by atomic mass is 32.2. The normalized spacial score (nSPS) is 26.1. The van der Waals surface area contributed by atoms with Crippen LogP contribution in [0.2, 0.25) is 0 Å². The zero-order valence-corrected chi connectivity index (χ0v) is 29.0. The molecular weight excluding hydrogens is 704 g/mol. The molecule has 2 aliphatic carbocycles. The number of amides is 3. The number of ether oxygens (including phenoxy) is 2. The predicted octanol–water partition coefficient (Wildman–Crippen LogP) is 6.86. The Kier molecular flexibility index (Phi) is 8.29. The number of H-pyrrole nitrogens is 1. The van der Waals surface area contributed by atoms with Gasteiger partial charge in [-0.1, -0.05) is 41.7 Å². The number of aromatic amines is 1. The maximum Gasteiger partial charge on any atom is 0.418 e. The molecule has 1 aromatic heterocycles. The summed E-state index contributed by atoms with van der Waals surface area (Å²) in [5, 5.41) is 3.36. The molecule has 3 heterocycles. The van der Waals surface area contributed by atoms with Crippen LogP contribution in [0.4, 0.5) is 24.5 Å². The highest BCUT2D eigenvalue weighted by Crippen LogP contribution is 2.69. The molecule has 2 N–H and O–H groups in total. The number of hydrogen-bond donors (Lipinski definition) is 2. The third kappa shape index (κ3) is 5.63. The van der Waals surface area contributed by atoms with Crippen LogP contribution in [0.5, 0.6) is 11.5 Å². The maximum atomic E-state index is 14.1. The topological polar surface area (TPSA) is 118 Å². The largest absolute Gasteiger partial charge is 0.490 e. The van der Waals surface area contributed by atoms with Gasteiger partial charge in [-0.3, -0.25) is 19.2 Å². The number of carbonyl (C=O) groups excluding carboxylic acids is 3. The van der Waals surface area contributed by atoms with Gasteiger partial charge >= 0.3 is 11.0 Å². The average Bonchev–Trinajstić information content (AvgIpc) is 3.82. The van der Waals surface area contributed by atoms with Crippen LogP contribution in [0, 0.1) is 36.5 Å². The number of alkyl halides is 3. The minimum absolute atomic E-state index is 0.162. The van der Waals surface area contributed by atoms with E-state index in [9.17, 15) is 32.3 Å². The fourth-order valence-electron chi connectivity index (χ4n) is 8.70. The molecule has 3 amide bonds. The second-order valence-electron chi connectivity index (χ2n) is 13.3. The summed E-state index contributed by atoms with van der Waals surface area (Å²) in [4.78, 5) is 57.8. The van der Waals surface area contributed by atoms with Gasteiger partial charge in [0.1, 0.15) is 0 Å². The van der Waals surface area contributed by atoms with E-state index in [1.165, 1.54) is 30.0 Å². The van der Waals surface area contributed by atoms with Crippen molar-refractivity contribution < 1.29 is 37.0 Å². The zero-order chi connectivity index (χ0) is 35.8. The van der Waals surface area contributed by atoms with Crippen LogP contribution in [0.1, 0.15) is 40.8 Å². The fraction of sp³-hybridized carbons (Fsp3) is 0.351. The molecule has 51 heavy (non-hydrogen) atoms. The molecule has 3 aromatic carbocycles. The van der Waals surface area contributed by atoms with Crippen molar-refractivity contribution in [2.45, 2.75) is 42.6 Å². The number of nitrogens with one attached hydrogen (secondary N) is 2. The maximum absolute atomic E-state index is 14.1. The summed E-state index contributed by atoms with van der Waals surface area (Å²) in [6, 6.07) is 17.5. The summed E-state index contributed by atoms with van der Waals surface area (Å²) in [7, 11) is 0. The number of hydrogen-bond acceptors (Lipinski definition) is 8. The Morgan fingerprint density at radius 2 is 1.73 bits per heavy atom. The quantitative estimate of drug-likeness (QED) is 0.190. The first-order chi connectivity index (χ1) is 24.4. The number of imide groups is 1. The summed E-state index contributed by atoms with van der Waals surface area (Å²) < 4.78 is 54.0. The van der Waals surface area contributed by atoms with Crippen LogP contribution in [-0.2, 0) is 20.6 Å². The van der Waals surface area contributed by atoms with Crippen molar-refractivity contribution in [1.29, 1.82) is 0 Å². The first-order valence-electron chi connectivity index (χ1n) is 16.6. The average molecular weight is 736 g/mol. The van der Waals surface area contributed by atoms with Gasteiger partial charge in [-0.25, -0.2) is 4.90 Å². The van der Waals surface area contributed by atoms with Gasteiger partial charge in [0.25, 0.3) is 5.91 Å². The predicted molar refractivity (Wildman–Crippen MR) is 185 cm³/mol. The van der Waals surface area contributed by atoms with Crippen molar-refractivity contribution in [3.05, 3.63) is 98.0 Å². The molecule has 14 heteroatoms. The van der Waals surface area contributed by atoms with E-state index in [2.05, 4.69) is 10.3 Å². The van der Waals surface area contributed by atoms with Crippen LogP contribution in [0.3, 0.4) is 0 Å². The Morgan fingerprint density at radius 1 is 0.961 bits per heavy atom. The smallest absolute Gasteiger partial charge is 0.418 e. The van der Waals surface area contributed by atoms with E-state index in [0.29, 0.717) is 35.2 Å². The molecule has 2 saturated carbocycles. The molecule has 0 unspecified atom stereocenters. The number of para-hydroxylation sites is 1. The van der Waals surface area contributed by atoms with E-state index in [0.717, 1.165) is 38.3 Å². The van der Waals surface area contributed by atoms with E-state index in [-0.39, 0.29) is 46.3 Å². The third-order valence-electron chi connectivity index (χ3n) is 10.5. The van der Waals surface area contributed by atoms with Gasteiger partial charge in [0, 0.05) is 21.7 Å². The lowest BCUT2D eigenvalue weighted by atomic mass is 9.68. The number of aryl methyl sites for hydroxylation is 1. The first-order valence-corrected chi connectivity index (χ1v) is 18.3. The number of anilines is 2. The van der Waals surface area contributed by atoms with Crippen molar-refractivity contribution in [3.8, 4) is 11.5 Å². The van der Waals surface area contributed by atoms with Crippen LogP contribution in [0.25, 0.3) is 0 Å². The fourth-order valence-corrected chi connectivity index (χ4v) is 11.6. The van der Waals surface area contributed by atoms with Gasteiger partial charge in [-0.15, -0.1) is 11.8 Å². The zero-order valence-electron chi connectivity index (χ0n) is 27.4. The number of fused-ring (bicyclic) bond motifs is 9. The van der Waals surface area contributed by atoms with Gasteiger partial charge < -0.3 is 19.8 Å². The lowest BCUT2D eigenvalue weighted by Crippen LogP contribution is -2.42. The van der Waals surface area contributed by atoms with Crippen LogP contribution in [0.15, 0.2) is 76.6 Å². The number of aromatic nitrogens is 1. The lowest BCUT2D eigenvalue weighted by Gasteiger charge is -2.43. The molecule has 3 fully saturated rings. The first kappa shape index (κ1) is 33.6. The second kappa shape index (κ2) is 12.6. The van der Waals surface area contributed by atoms with E-state index < -0.39 is 41.1 Å². The van der Waals surface area contributed by atoms with Gasteiger partial charge in [-0.2, -0.15) is 13.2 Å². The Morgan fingerprint density at radius 3 is 2.47 bits per heavy atom. The van der Waals surface area contributed by atoms with Crippen molar-refractivity contribution >= 4 is 52.2 Å². The number of halogens is 3. The highest BCUT2D eigenvalue weighted by Gasteiger charge is 2.70. The van der Waals surface area contributed by atoms with E-state index in [1.807, 2.05) is 44.2 Å². The summed E-state index contributed by atoms with van der Waals surface area (Å²) in [6.07, 6.45) is -4.17. The van der Waals surface area contributed by atoms with Crippen LogP contribution < -0.4 is 24.6 Å². The van der Waals surface area contributed by atoms with Gasteiger partial charge in [0.2, 0.25) is 11.8 Å². The second-order valence-corrected chi connectivity index (χ2v) is 15.5. The number of benzene rings is 3. The molecule has 2 aliphatic heterocycles. The lowest BCUT2D eigenvalue weighted by molar-refractivity contribution is -0.137. The number of nitrogens with zero attached hydrogens (tertiary/aromatic N) is 1. The van der Waals surface area contributed by atoms with Gasteiger partial charge in [0.05, 0.1) is 34.7 Å². The molecule has 2 bridgehead atoms. The number of rotatable bonds is 8. The van der Waals surface area contributed by atoms with Crippen molar-refractivity contribution in [3.63, 3.8) is 0 Å². The summed E-state index contributed by atoms with van der Waals surface area (Å²) >= 11 is 2.58. The third-order valence-corrected chi connectivity index (χ3v) is 13.0. The van der Waals surface area contributed by atoms with E-state index in [4.69, 9.17) is 9.47 Å². The number of thiazole rings is 1. The summed E-state index contributed by atoms with van der Waals surface area (Å²) in [5.74, 6) is -3.42. The monoisotopic (exact) mass is 735 g/mol. The molecule has 1 saturated heterocycles. The van der Waals surface area contributed by atoms with Gasteiger partial charge in [-0.05, 0) is 85.5 Å². The summed E-state index contributed by atoms with van der Waals surface area (Å²) in [6.45, 7) is 3.80. The Labute approximate surface area is 298 Å². The minimum Gasteiger partial charge on any atom is -0.490 e. The SMILES string of the molecule is CCOc1cc([C@@H]2c3sc(=O)[nH]c3S[C@@H]3[C@@H]4C[C@@H]([C@@H]5C(=O)N(c6ccccc6C(F)(F)F)C(=O)[C@@H]45)[C@H]23)ccc1OCC(=O)Nc1cccc(C)c1. The van der Waals surface area contributed by atoms with Crippen molar-refractivity contribution in [2.75, 3.05) is 23.4 Å². The standard InChI is InChI=1S/C37H32F3N3O6S2/c1-3-48-25-14-18(11-12-24(25)49-16-26(44)41-19-8-6-7-17(2)13-19)27-28-20-15-21(31(28)50-33-32(27)51-36(47)42-33)30-29(20)34(45)43(35(30)46)23-10-5-4-9-22(23)37(38,39)40/h4-14,20-21,27-31H,3,15-16H2,1-2H3,(H,41,44)(H,42,47)/t20-,21-,27+,28-,29+,30+,31-/m1/s1. The molecule has 7 atom stereocenters. The molecule has 9 nitrogen and oxygen atoms in total. The molecule has 0 spiro atoms. The van der Waals surface area contributed by atoms with Crippen molar-refractivity contribution in [2.24, 2.45) is 29.6 Å². The molecule has 0 radical (unpaired) electrons. The highest BCUT2D eigenvalue weighted by molar-refractivity contribution is 8.00. The van der Waals surface area contributed by atoms with E-state index in [1.54, 1.807) is 12.1 Å². The van der Waals surface area contributed by atoms with E-state index >= 15 is 0 Å². The van der Waals surface area contributed by atoms with Crippen molar-refractivity contribution in [1.82, 2.24) is 4.98 Å². The Hall–Kier alpha value is -4.56. The molecule has 4 aliphatic rings. The summed E-state index contributed by atoms with van der Waals surface area (Å²) in [5.41, 5.74) is 0.997. The molecular formula is C37H32F3N3O6S2. The molecule has 8 rings (SSSR count). The molecule has 4 aromatic rings. The molecule has 264 valence electrons. The Bertz CT molecular complexity index is 2130. The van der Waals surface area contributed by atoms with Crippen LogP contribution >= 0.6 is 23.1 Å². The number of thioether (sulfide) groups is 1. The van der Waals surface area contributed by atoms with Crippen LogP contribution in [-0.4, -0.2) is 41.2 Å². The van der Waals surface area contributed by atoms with Gasteiger partial charge in [0.15, 0.2) is 18.1 Å².